The van der Waals surface area contributed by atoms with Gasteiger partial charge in [0.05, 0.1) is 10.9 Å². The van der Waals surface area contributed by atoms with E-state index in [9.17, 15) is 0 Å². The van der Waals surface area contributed by atoms with Gasteiger partial charge < -0.3 is 0 Å². The van der Waals surface area contributed by atoms with Crippen molar-refractivity contribution in [1.29, 1.82) is 0 Å². The van der Waals surface area contributed by atoms with Crippen molar-refractivity contribution in [3.8, 4) is 11.3 Å². The molecule has 1 aromatic heterocycles. The number of pyridine rings is 1. The molecule has 1 nitrogen and oxygen atoms in total. The molecule has 2 heteroatoms. The number of benzene rings is 3. The first-order valence-corrected chi connectivity index (χ1v) is 13.8. The van der Waals surface area contributed by atoms with Crippen molar-refractivity contribution in [3.63, 3.8) is 0 Å². The van der Waals surface area contributed by atoms with Crippen LogP contribution in [0.15, 0.2) is 72.9 Å². The lowest BCUT2D eigenvalue weighted by Crippen LogP contribution is -2.52. The van der Waals surface area contributed by atoms with E-state index in [0.717, 1.165) is 33.2 Å². The molecule has 0 N–H and O–H groups in total. The van der Waals surface area contributed by atoms with Gasteiger partial charge in [-0.25, -0.2) is 4.57 Å². The molecule has 0 fully saturated rings. The Labute approximate surface area is 195 Å². The Kier molecular flexibility index (Phi) is 4.17. The molecule has 4 aromatic rings. The summed E-state index contributed by atoms with van der Waals surface area (Å²) in [6.07, 6.45) is 0.376. The molecular weight excluding hydrogens is 390 g/mol. The maximum atomic E-state index is 8.73. The van der Waals surface area contributed by atoms with Crippen molar-refractivity contribution >= 4 is 29.2 Å². The second kappa shape index (κ2) is 8.09. The lowest BCUT2D eigenvalue weighted by atomic mass is 9.91. The van der Waals surface area contributed by atoms with E-state index < -0.39 is 20.8 Å². The zero-order chi connectivity index (χ0) is 26.6. The van der Waals surface area contributed by atoms with Crippen LogP contribution in [0.4, 0.5) is 0 Å². The van der Waals surface area contributed by atoms with Crippen LogP contribution < -0.4 is 14.9 Å². The van der Waals surface area contributed by atoms with Gasteiger partial charge in [-0.2, -0.15) is 0 Å². The number of hydrogen-bond donors (Lipinski definition) is 0. The van der Waals surface area contributed by atoms with Crippen LogP contribution in [0, 0.1) is 13.8 Å². The Hall–Kier alpha value is -2.71. The summed E-state index contributed by atoms with van der Waals surface area (Å²) in [5.74, 6) is -1.74. The zero-order valence-electron chi connectivity index (χ0n) is 24.3. The normalized spacial score (nSPS) is 16.6. The number of fused-ring (bicyclic) bond motifs is 1. The van der Waals surface area contributed by atoms with Gasteiger partial charge in [0.1, 0.15) is 16.5 Å². The number of hydrogen-bond acceptors (Lipinski definition) is 0. The largest absolute Gasteiger partial charge is 0.220 e. The highest BCUT2D eigenvalue weighted by Gasteiger charge is 2.27. The molecular formula is C29H34NSi+. The number of aromatic nitrogens is 1. The summed E-state index contributed by atoms with van der Waals surface area (Å²) in [4.78, 5) is 0. The minimum Gasteiger partial charge on any atom is -0.200 e. The van der Waals surface area contributed by atoms with Crippen molar-refractivity contribution in [2.45, 2.75) is 46.6 Å². The van der Waals surface area contributed by atoms with Crippen LogP contribution in [-0.4, -0.2) is 8.07 Å². The summed E-state index contributed by atoms with van der Waals surface area (Å²) >= 11 is 0. The maximum Gasteiger partial charge on any atom is 0.220 e. The summed E-state index contributed by atoms with van der Waals surface area (Å²) in [6, 6.07) is 22.7. The molecule has 158 valence electrons. The minimum absolute atomic E-state index is 0.376. The number of rotatable bonds is 4. The van der Waals surface area contributed by atoms with Crippen molar-refractivity contribution in [2.24, 2.45) is 7.05 Å². The third-order valence-electron chi connectivity index (χ3n) is 6.63. The lowest BCUT2D eigenvalue weighted by molar-refractivity contribution is -0.659. The molecule has 4 rings (SSSR count). The minimum atomic E-state index is -2.46. The first kappa shape index (κ1) is 16.0. The molecule has 0 aliphatic rings. The highest BCUT2D eigenvalue weighted by molar-refractivity contribution is 7.00. The van der Waals surface area contributed by atoms with E-state index in [0.29, 0.717) is 11.7 Å². The van der Waals surface area contributed by atoms with Gasteiger partial charge >= 0.3 is 0 Å². The highest BCUT2D eigenvalue weighted by atomic mass is 28.3. The SMILES string of the molecule is [2H]c1cc2cc([Si](C)(C)c3ccccc3)ccc2c(-c2cc(C([2H])(C)C([2H])([2H])[2H])cc(C)c2C)[n+]1C. The summed E-state index contributed by atoms with van der Waals surface area (Å²) in [5.41, 5.74) is 4.14. The monoisotopic (exact) mass is 429 g/mol. The van der Waals surface area contributed by atoms with Crippen LogP contribution in [0.2, 0.25) is 13.1 Å². The summed E-state index contributed by atoms with van der Waals surface area (Å²) in [7, 11) is -0.0566. The fourth-order valence-electron chi connectivity index (χ4n) is 4.37. The Morgan fingerprint density at radius 3 is 2.42 bits per heavy atom. The van der Waals surface area contributed by atoms with Gasteiger partial charge in [-0.15, -0.1) is 0 Å². The van der Waals surface area contributed by atoms with Gasteiger partial charge in [0.2, 0.25) is 5.69 Å². The second-order valence-corrected chi connectivity index (χ2v) is 13.5. The Morgan fingerprint density at radius 2 is 1.71 bits per heavy atom. The third kappa shape index (κ3) is 3.85. The fraction of sp³-hybridized carbons (Fsp3) is 0.276. The van der Waals surface area contributed by atoms with E-state index in [1.54, 1.807) is 0 Å². The van der Waals surface area contributed by atoms with Crippen LogP contribution in [0.25, 0.3) is 22.0 Å². The average molecular weight is 430 g/mol. The predicted molar refractivity (Wildman–Crippen MR) is 137 cm³/mol. The maximum absolute atomic E-state index is 8.73. The van der Waals surface area contributed by atoms with Crippen LogP contribution >= 0.6 is 0 Å². The van der Waals surface area contributed by atoms with Gasteiger partial charge in [-0.1, -0.05) is 85.8 Å². The lowest BCUT2D eigenvalue weighted by Gasteiger charge is -2.24. The van der Waals surface area contributed by atoms with E-state index in [2.05, 4.69) is 55.6 Å². The molecule has 1 atom stereocenters. The fourth-order valence-corrected chi connectivity index (χ4v) is 6.74. The first-order chi connectivity index (χ1) is 16.7. The van der Waals surface area contributed by atoms with E-state index in [-0.39, 0.29) is 0 Å². The molecule has 0 amide bonds. The third-order valence-corrected chi connectivity index (χ3v) is 10.2. The second-order valence-electron chi connectivity index (χ2n) is 9.06. The van der Waals surface area contributed by atoms with Gasteiger partial charge in [-0.3, -0.25) is 0 Å². The van der Waals surface area contributed by atoms with Crippen LogP contribution in [0.3, 0.4) is 0 Å². The van der Waals surface area contributed by atoms with Crippen molar-refractivity contribution in [3.05, 3.63) is 89.6 Å². The number of nitrogens with zero attached hydrogens (tertiary/aromatic N) is 1. The molecule has 0 aliphatic heterocycles. The van der Waals surface area contributed by atoms with Gasteiger partial charge in [0.15, 0.2) is 6.17 Å². The van der Waals surface area contributed by atoms with Crippen LogP contribution in [0.5, 0.6) is 0 Å². The zero-order valence-corrected chi connectivity index (χ0v) is 20.3. The summed E-state index contributed by atoms with van der Waals surface area (Å²) in [5, 5.41) is 4.66. The van der Waals surface area contributed by atoms with E-state index in [4.69, 9.17) is 6.85 Å². The molecule has 0 bridgehead atoms. The smallest absolute Gasteiger partial charge is 0.200 e. The molecule has 0 saturated carbocycles. The molecule has 1 heterocycles. The molecule has 3 aromatic carbocycles. The van der Waals surface area contributed by atoms with E-state index >= 15 is 0 Å². The molecule has 0 spiro atoms. The topological polar surface area (TPSA) is 3.88 Å². The standard InChI is InChI=1S/C29H34NSi/c1-20(2)24-17-21(3)22(4)28(19-24)29-27-14-13-26(18-23(27)15-16-30(29)5)31(6,7)25-11-9-8-10-12-25/h8-20H,1-7H3/q+1/i1D3,16D,20D. The molecule has 0 radical (unpaired) electrons. The Morgan fingerprint density at radius 1 is 0.968 bits per heavy atom. The van der Waals surface area contributed by atoms with Crippen molar-refractivity contribution < 1.29 is 11.4 Å². The predicted octanol–water partition coefficient (Wildman–Crippen LogP) is 5.89. The molecule has 1 unspecified atom stereocenters. The Balaban J connectivity index is 1.98. The summed E-state index contributed by atoms with van der Waals surface area (Å²) < 4.78 is 43.1. The quantitative estimate of drug-likeness (QED) is 0.281. The molecule has 31 heavy (non-hydrogen) atoms. The number of aryl methyl sites for hydroxylation is 1. The summed E-state index contributed by atoms with van der Waals surface area (Å²) in [6.45, 7) is 7.65. The van der Waals surface area contributed by atoms with Crippen molar-refractivity contribution in [2.75, 3.05) is 0 Å². The van der Waals surface area contributed by atoms with E-state index in [1.807, 2.05) is 49.7 Å². The van der Waals surface area contributed by atoms with Crippen molar-refractivity contribution in [1.82, 2.24) is 0 Å². The van der Waals surface area contributed by atoms with E-state index in [1.165, 1.54) is 17.3 Å². The molecule has 0 saturated heterocycles. The highest BCUT2D eigenvalue weighted by Crippen LogP contribution is 2.32. The van der Waals surface area contributed by atoms with Crippen LogP contribution in [-0.2, 0) is 7.05 Å². The first-order valence-electron chi connectivity index (χ1n) is 13.3. The Bertz CT molecular complexity index is 1460. The van der Waals surface area contributed by atoms with Gasteiger partial charge in [0, 0.05) is 11.5 Å². The van der Waals surface area contributed by atoms with Gasteiger partial charge in [0.25, 0.3) is 0 Å². The van der Waals surface area contributed by atoms with Gasteiger partial charge in [-0.05, 0) is 54.0 Å². The molecule has 0 aliphatic carbocycles. The van der Waals surface area contributed by atoms with Crippen LogP contribution in [0.1, 0.15) is 43.2 Å². The average Bonchev–Trinajstić information content (AvgIpc) is 2.81.